The molecular weight excluding hydrogens is 416 g/mol. The molecule has 0 bridgehead atoms. The van der Waals surface area contributed by atoms with Crippen LogP contribution in [0.1, 0.15) is 46.0 Å². The second kappa shape index (κ2) is 10.1. The maximum atomic E-state index is 13.5. The minimum atomic E-state index is -1.01. The first-order valence-corrected chi connectivity index (χ1v) is 11.1. The predicted molar refractivity (Wildman–Crippen MR) is 126 cm³/mol. The van der Waals surface area contributed by atoms with Gasteiger partial charge in [-0.1, -0.05) is 67.9 Å². The maximum Gasteiger partial charge on any atom is 0.262 e. The van der Waals surface area contributed by atoms with Gasteiger partial charge in [-0.05, 0) is 36.2 Å². The van der Waals surface area contributed by atoms with Crippen molar-refractivity contribution in [3.8, 4) is 5.75 Å². The van der Waals surface area contributed by atoms with Gasteiger partial charge >= 0.3 is 0 Å². The van der Waals surface area contributed by atoms with E-state index >= 15 is 0 Å². The molecule has 1 atom stereocenters. The SMILES string of the molecule is CCCCOc1ccccc1NC(=O)C(Cc1ccccc1)N1C(=O)c2ccccc2C1=O. The lowest BCUT2D eigenvalue weighted by Crippen LogP contribution is -2.48. The zero-order valence-corrected chi connectivity index (χ0v) is 18.5. The maximum absolute atomic E-state index is 13.5. The number of nitrogens with zero attached hydrogens (tertiary/aromatic N) is 1. The Hall–Kier alpha value is -3.93. The van der Waals surface area contributed by atoms with Gasteiger partial charge in [0.05, 0.1) is 23.4 Å². The van der Waals surface area contributed by atoms with Crippen molar-refractivity contribution in [3.63, 3.8) is 0 Å². The fraction of sp³-hybridized carbons (Fsp3) is 0.222. The Morgan fingerprint density at radius 1 is 0.879 bits per heavy atom. The summed E-state index contributed by atoms with van der Waals surface area (Å²) in [5.74, 6) is -0.807. The lowest BCUT2D eigenvalue weighted by Gasteiger charge is -2.26. The molecule has 1 N–H and O–H groups in total. The number of rotatable bonds is 9. The summed E-state index contributed by atoms with van der Waals surface area (Å²) >= 11 is 0. The zero-order chi connectivity index (χ0) is 23.2. The van der Waals surface area contributed by atoms with Crippen molar-refractivity contribution >= 4 is 23.4 Å². The number of hydrogen-bond acceptors (Lipinski definition) is 4. The molecule has 6 nitrogen and oxygen atoms in total. The summed E-state index contributed by atoms with van der Waals surface area (Å²) in [6, 6.07) is 22.2. The molecule has 3 aromatic carbocycles. The minimum Gasteiger partial charge on any atom is -0.491 e. The summed E-state index contributed by atoms with van der Waals surface area (Å²) < 4.78 is 5.83. The Balaban J connectivity index is 1.63. The number of para-hydroxylation sites is 2. The smallest absolute Gasteiger partial charge is 0.262 e. The molecule has 0 aromatic heterocycles. The van der Waals surface area contributed by atoms with E-state index in [1.54, 1.807) is 42.5 Å². The number of carbonyl (C=O) groups is 3. The Labute approximate surface area is 193 Å². The Kier molecular flexibility index (Phi) is 6.83. The zero-order valence-electron chi connectivity index (χ0n) is 18.5. The van der Waals surface area contributed by atoms with Gasteiger partial charge in [0.25, 0.3) is 11.8 Å². The van der Waals surface area contributed by atoms with Gasteiger partial charge < -0.3 is 10.1 Å². The molecule has 0 fully saturated rings. The van der Waals surface area contributed by atoms with E-state index in [-0.39, 0.29) is 6.42 Å². The van der Waals surface area contributed by atoms with Crippen molar-refractivity contribution in [2.75, 3.05) is 11.9 Å². The van der Waals surface area contributed by atoms with Crippen LogP contribution in [-0.2, 0) is 11.2 Å². The van der Waals surface area contributed by atoms with Crippen LogP contribution < -0.4 is 10.1 Å². The molecule has 1 aliphatic heterocycles. The molecular formula is C27H26N2O4. The molecule has 3 aromatic rings. The summed E-state index contributed by atoms with van der Waals surface area (Å²) in [5.41, 5.74) is 1.99. The van der Waals surface area contributed by atoms with Crippen LogP contribution in [0.5, 0.6) is 5.75 Å². The van der Waals surface area contributed by atoms with E-state index in [1.165, 1.54) is 0 Å². The lowest BCUT2D eigenvalue weighted by atomic mass is 10.0. The second-order valence-corrected chi connectivity index (χ2v) is 7.92. The lowest BCUT2D eigenvalue weighted by molar-refractivity contribution is -0.119. The van der Waals surface area contributed by atoms with Crippen LogP contribution in [0.25, 0.3) is 0 Å². The first kappa shape index (κ1) is 22.3. The Bertz CT molecular complexity index is 1120. The number of unbranched alkanes of at least 4 members (excludes halogenated alkanes) is 1. The normalized spacial score (nSPS) is 13.5. The summed E-state index contributed by atoms with van der Waals surface area (Å²) in [5, 5.41) is 2.89. The van der Waals surface area contributed by atoms with Gasteiger partial charge in [0.2, 0.25) is 5.91 Å². The standard InChI is InChI=1S/C27H26N2O4/c1-2-3-17-33-24-16-10-9-15-22(24)28-25(30)23(18-19-11-5-4-6-12-19)29-26(31)20-13-7-8-14-21(20)27(29)32/h4-16,23H,2-3,17-18H2,1H3,(H,28,30). The van der Waals surface area contributed by atoms with Crippen LogP contribution in [0.4, 0.5) is 5.69 Å². The van der Waals surface area contributed by atoms with E-state index in [0.717, 1.165) is 23.3 Å². The van der Waals surface area contributed by atoms with Crippen LogP contribution in [-0.4, -0.2) is 35.3 Å². The average Bonchev–Trinajstić information content (AvgIpc) is 3.09. The number of imide groups is 1. The monoisotopic (exact) mass is 442 g/mol. The van der Waals surface area contributed by atoms with E-state index in [9.17, 15) is 14.4 Å². The number of nitrogens with one attached hydrogen (secondary N) is 1. The summed E-state index contributed by atoms with van der Waals surface area (Å²) in [7, 11) is 0. The third kappa shape index (κ3) is 4.80. The molecule has 0 saturated heterocycles. The second-order valence-electron chi connectivity index (χ2n) is 7.92. The Morgan fingerprint density at radius 3 is 2.15 bits per heavy atom. The summed E-state index contributed by atoms with van der Waals surface area (Å²) in [6.07, 6.45) is 2.10. The molecule has 168 valence electrons. The van der Waals surface area contributed by atoms with Gasteiger partial charge in [0.1, 0.15) is 11.8 Å². The quantitative estimate of drug-likeness (QED) is 0.385. The molecule has 0 radical (unpaired) electrons. The molecule has 1 unspecified atom stereocenters. The topological polar surface area (TPSA) is 75.7 Å². The van der Waals surface area contributed by atoms with Crippen molar-refractivity contribution in [2.24, 2.45) is 0 Å². The number of benzene rings is 3. The van der Waals surface area contributed by atoms with Crippen molar-refractivity contribution in [1.82, 2.24) is 4.90 Å². The van der Waals surface area contributed by atoms with Crippen molar-refractivity contribution in [1.29, 1.82) is 0 Å². The third-order valence-electron chi connectivity index (χ3n) is 5.61. The highest BCUT2D eigenvalue weighted by atomic mass is 16.5. The van der Waals surface area contributed by atoms with Gasteiger partial charge in [-0.15, -0.1) is 0 Å². The molecule has 0 spiro atoms. The molecule has 4 rings (SSSR count). The number of anilines is 1. The molecule has 0 saturated carbocycles. The fourth-order valence-electron chi connectivity index (χ4n) is 3.87. The van der Waals surface area contributed by atoms with Crippen molar-refractivity contribution < 1.29 is 19.1 Å². The summed E-state index contributed by atoms with van der Waals surface area (Å²) in [6.45, 7) is 2.61. The number of hydrogen-bond donors (Lipinski definition) is 1. The fourth-order valence-corrected chi connectivity index (χ4v) is 3.87. The Morgan fingerprint density at radius 2 is 1.48 bits per heavy atom. The molecule has 33 heavy (non-hydrogen) atoms. The van der Waals surface area contributed by atoms with Crippen molar-refractivity contribution in [3.05, 3.63) is 95.6 Å². The first-order valence-electron chi connectivity index (χ1n) is 11.1. The molecule has 0 aliphatic carbocycles. The highest BCUT2D eigenvalue weighted by Crippen LogP contribution is 2.28. The highest BCUT2D eigenvalue weighted by Gasteiger charge is 2.42. The third-order valence-corrected chi connectivity index (χ3v) is 5.61. The van der Waals surface area contributed by atoms with Crippen LogP contribution in [0.15, 0.2) is 78.9 Å². The largest absolute Gasteiger partial charge is 0.491 e. The van der Waals surface area contributed by atoms with Gasteiger partial charge in [-0.2, -0.15) is 0 Å². The van der Waals surface area contributed by atoms with Gasteiger partial charge in [-0.3, -0.25) is 19.3 Å². The van der Waals surface area contributed by atoms with Gasteiger partial charge in [0, 0.05) is 6.42 Å². The van der Waals surface area contributed by atoms with E-state index in [0.29, 0.717) is 29.2 Å². The van der Waals surface area contributed by atoms with E-state index in [4.69, 9.17) is 4.74 Å². The van der Waals surface area contributed by atoms with Crippen LogP contribution >= 0.6 is 0 Å². The molecule has 3 amide bonds. The molecule has 1 heterocycles. The van der Waals surface area contributed by atoms with Crippen LogP contribution in [0, 0.1) is 0 Å². The van der Waals surface area contributed by atoms with E-state index in [1.807, 2.05) is 36.4 Å². The van der Waals surface area contributed by atoms with Gasteiger partial charge in [0.15, 0.2) is 0 Å². The van der Waals surface area contributed by atoms with E-state index < -0.39 is 23.8 Å². The predicted octanol–water partition coefficient (Wildman–Crippen LogP) is 4.71. The van der Waals surface area contributed by atoms with E-state index in [2.05, 4.69) is 12.2 Å². The van der Waals surface area contributed by atoms with Crippen LogP contribution in [0.2, 0.25) is 0 Å². The average molecular weight is 443 g/mol. The number of amides is 3. The number of carbonyl (C=O) groups excluding carboxylic acids is 3. The number of ether oxygens (including phenoxy) is 1. The summed E-state index contributed by atoms with van der Waals surface area (Å²) in [4.78, 5) is 40.9. The van der Waals surface area contributed by atoms with Crippen LogP contribution in [0.3, 0.4) is 0 Å². The minimum absolute atomic E-state index is 0.205. The number of fused-ring (bicyclic) bond motifs is 1. The molecule has 6 heteroatoms. The van der Waals surface area contributed by atoms with Gasteiger partial charge in [-0.25, -0.2) is 0 Å². The first-order chi connectivity index (χ1) is 16.1. The molecule has 1 aliphatic rings. The van der Waals surface area contributed by atoms with Crippen molar-refractivity contribution in [2.45, 2.75) is 32.2 Å². The highest BCUT2D eigenvalue weighted by molar-refractivity contribution is 6.23.